The molecule has 4 rings (SSSR count). The highest BCUT2D eigenvalue weighted by Gasteiger charge is 2.46. The Hall–Kier alpha value is -2.41. The van der Waals surface area contributed by atoms with Gasteiger partial charge in [0.15, 0.2) is 5.78 Å². The number of halogens is 3. The second kappa shape index (κ2) is 6.83. The molecule has 1 aromatic carbocycles. The molecule has 0 fully saturated rings. The smallest absolute Gasteiger partial charge is 0.294 e. The predicted octanol–water partition coefficient (Wildman–Crippen LogP) is 5.93. The molecular weight excluding hydrogens is 399 g/mol. The molecule has 2 heterocycles. The minimum Gasteiger partial charge on any atom is -0.294 e. The molecule has 3 nitrogen and oxygen atoms in total. The molecular formula is C22H20F3NO2S. The highest BCUT2D eigenvalue weighted by Crippen LogP contribution is 2.50. The molecule has 0 N–H and O–H groups in total. The van der Waals surface area contributed by atoms with Gasteiger partial charge in [0, 0.05) is 30.0 Å². The third-order valence-corrected chi connectivity index (χ3v) is 6.24. The van der Waals surface area contributed by atoms with Crippen molar-refractivity contribution in [3.63, 3.8) is 0 Å². The summed E-state index contributed by atoms with van der Waals surface area (Å²) in [6, 6.07) is 6.95. The maximum absolute atomic E-state index is 13.7. The third-order valence-electron chi connectivity index (χ3n) is 5.54. The number of hydrogen-bond donors (Lipinski definition) is 0. The fraction of sp³-hybridized carbons (Fsp3) is 0.364. The average Bonchev–Trinajstić information content (AvgIpc) is 3.13. The predicted molar refractivity (Wildman–Crippen MR) is 106 cm³/mol. The number of nitrogens with zero attached hydrogens (tertiary/aromatic N) is 1. The molecule has 0 unspecified atom stereocenters. The first-order valence-corrected chi connectivity index (χ1v) is 10.3. The average molecular weight is 419 g/mol. The summed E-state index contributed by atoms with van der Waals surface area (Å²) in [5.41, 5.74) is 0.261. The molecule has 7 heteroatoms. The van der Waals surface area contributed by atoms with E-state index in [1.54, 1.807) is 0 Å². The molecule has 1 amide bonds. The van der Waals surface area contributed by atoms with Crippen LogP contribution in [-0.2, 0) is 15.8 Å². The van der Waals surface area contributed by atoms with E-state index < -0.39 is 29.0 Å². The Labute approximate surface area is 170 Å². The van der Waals surface area contributed by atoms with Crippen LogP contribution in [0.25, 0.3) is 0 Å². The third kappa shape index (κ3) is 3.52. The number of para-hydroxylation sites is 1. The van der Waals surface area contributed by atoms with Crippen LogP contribution in [0.2, 0.25) is 0 Å². The number of carbonyl (C=O) groups is 2. The van der Waals surface area contributed by atoms with E-state index in [-0.39, 0.29) is 17.9 Å². The van der Waals surface area contributed by atoms with Gasteiger partial charge in [-0.1, -0.05) is 26.0 Å². The molecule has 152 valence electrons. The van der Waals surface area contributed by atoms with Crippen molar-refractivity contribution in [3.8, 4) is 0 Å². The van der Waals surface area contributed by atoms with Gasteiger partial charge in [0.25, 0.3) is 0 Å². The summed E-state index contributed by atoms with van der Waals surface area (Å²) >= 11 is 1.47. The van der Waals surface area contributed by atoms with Gasteiger partial charge in [-0.15, -0.1) is 0 Å². The Balaban J connectivity index is 1.94. The number of anilines is 1. The lowest BCUT2D eigenvalue weighted by molar-refractivity contribution is -0.137. The van der Waals surface area contributed by atoms with Crippen LogP contribution in [-0.4, -0.2) is 11.7 Å². The van der Waals surface area contributed by atoms with Gasteiger partial charge in [-0.05, 0) is 46.4 Å². The van der Waals surface area contributed by atoms with E-state index in [0.29, 0.717) is 24.1 Å². The van der Waals surface area contributed by atoms with Crippen molar-refractivity contribution in [1.82, 2.24) is 0 Å². The van der Waals surface area contributed by atoms with Gasteiger partial charge < -0.3 is 0 Å². The van der Waals surface area contributed by atoms with Crippen molar-refractivity contribution in [2.45, 2.75) is 45.2 Å². The number of carbonyl (C=O) groups excluding carboxylic acids is 2. The molecule has 1 aliphatic carbocycles. The topological polar surface area (TPSA) is 37.4 Å². The van der Waals surface area contributed by atoms with Crippen molar-refractivity contribution in [1.29, 1.82) is 0 Å². The maximum atomic E-state index is 13.7. The van der Waals surface area contributed by atoms with E-state index in [1.807, 2.05) is 30.7 Å². The number of allylic oxidation sites excluding steroid dienone is 2. The van der Waals surface area contributed by atoms with Crippen LogP contribution >= 0.6 is 11.3 Å². The van der Waals surface area contributed by atoms with Crippen LogP contribution in [0, 0.1) is 5.41 Å². The van der Waals surface area contributed by atoms with E-state index in [4.69, 9.17) is 0 Å². The van der Waals surface area contributed by atoms with Gasteiger partial charge in [-0.3, -0.25) is 14.5 Å². The molecule has 29 heavy (non-hydrogen) atoms. The second-order valence-corrected chi connectivity index (χ2v) is 9.14. The number of alkyl halides is 3. The van der Waals surface area contributed by atoms with Gasteiger partial charge in [-0.25, -0.2) is 0 Å². The SMILES string of the molecule is CC1(C)CC(=O)C2=C(C1)N(c1ccccc1C(F)(F)F)C(=O)C[C@@H]2c1ccsc1. The van der Waals surface area contributed by atoms with E-state index in [0.717, 1.165) is 16.5 Å². The van der Waals surface area contributed by atoms with Crippen molar-refractivity contribution >= 4 is 28.7 Å². The van der Waals surface area contributed by atoms with Gasteiger partial charge in [0.2, 0.25) is 5.91 Å². The zero-order valence-electron chi connectivity index (χ0n) is 16.0. The van der Waals surface area contributed by atoms with Crippen LogP contribution in [0.5, 0.6) is 0 Å². The van der Waals surface area contributed by atoms with Gasteiger partial charge in [0.1, 0.15) is 0 Å². The molecule has 1 aliphatic heterocycles. The number of amides is 1. The zero-order chi connectivity index (χ0) is 21.0. The van der Waals surface area contributed by atoms with E-state index >= 15 is 0 Å². The molecule has 0 radical (unpaired) electrons. The zero-order valence-corrected chi connectivity index (χ0v) is 16.9. The first-order valence-electron chi connectivity index (χ1n) is 9.36. The molecule has 0 saturated heterocycles. The van der Waals surface area contributed by atoms with Crippen molar-refractivity contribution < 1.29 is 22.8 Å². The summed E-state index contributed by atoms with van der Waals surface area (Å²) in [5.74, 6) is -0.904. The minimum absolute atomic E-state index is 0.0199. The monoisotopic (exact) mass is 419 g/mol. The highest BCUT2D eigenvalue weighted by atomic mass is 32.1. The van der Waals surface area contributed by atoms with Crippen LogP contribution < -0.4 is 4.90 Å². The molecule has 0 bridgehead atoms. The maximum Gasteiger partial charge on any atom is 0.418 e. The number of ketones is 1. The lowest BCUT2D eigenvalue weighted by Crippen LogP contribution is -2.44. The Kier molecular flexibility index (Phi) is 4.69. The minimum atomic E-state index is -4.60. The number of rotatable bonds is 2. The van der Waals surface area contributed by atoms with Crippen molar-refractivity contribution in [2.75, 3.05) is 4.90 Å². The standard InChI is InChI=1S/C22H20F3NO2S/c1-21(2)10-17-20(18(27)11-21)14(13-7-8-29-12-13)9-19(28)26(17)16-6-4-3-5-15(16)22(23,24)25/h3-8,12,14H,9-11H2,1-2H3/t14-/m1/s1. The van der Waals surface area contributed by atoms with E-state index in [1.165, 1.54) is 29.5 Å². The summed E-state index contributed by atoms with van der Waals surface area (Å²) in [5, 5.41) is 3.78. The number of benzene rings is 1. The lowest BCUT2D eigenvalue weighted by Gasteiger charge is -2.43. The van der Waals surface area contributed by atoms with Crippen molar-refractivity contribution in [3.05, 3.63) is 63.5 Å². The second-order valence-electron chi connectivity index (χ2n) is 8.36. The Morgan fingerprint density at radius 2 is 1.83 bits per heavy atom. The molecule has 1 atom stereocenters. The summed E-state index contributed by atoms with van der Waals surface area (Å²) < 4.78 is 41.0. The van der Waals surface area contributed by atoms with Gasteiger partial charge in [-0.2, -0.15) is 24.5 Å². The lowest BCUT2D eigenvalue weighted by atomic mass is 9.69. The van der Waals surface area contributed by atoms with Crippen molar-refractivity contribution in [2.24, 2.45) is 5.41 Å². The van der Waals surface area contributed by atoms with E-state index in [2.05, 4.69) is 0 Å². The first kappa shape index (κ1) is 19.9. The summed E-state index contributed by atoms with van der Waals surface area (Å²) in [6.07, 6.45) is -3.94. The number of Topliss-reactive ketones (excluding diaryl/α,β-unsaturated/α-hetero) is 1. The van der Waals surface area contributed by atoms with Crippen LogP contribution in [0.1, 0.15) is 50.2 Å². The largest absolute Gasteiger partial charge is 0.418 e. The fourth-order valence-corrected chi connectivity index (χ4v) is 5.08. The quantitative estimate of drug-likeness (QED) is 0.605. The summed E-state index contributed by atoms with van der Waals surface area (Å²) in [7, 11) is 0. The molecule has 2 aromatic rings. The van der Waals surface area contributed by atoms with Crippen LogP contribution in [0.15, 0.2) is 52.4 Å². The number of hydrogen-bond acceptors (Lipinski definition) is 3. The first-order chi connectivity index (χ1) is 13.6. The summed E-state index contributed by atoms with van der Waals surface area (Å²) in [6.45, 7) is 3.81. The molecule has 2 aliphatic rings. The summed E-state index contributed by atoms with van der Waals surface area (Å²) in [4.78, 5) is 27.4. The Morgan fingerprint density at radius 1 is 1.10 bits per heavy atom. The fourth-order valence-electron chi connectivity index (χ4n) is 4.36. The normalized spacial score (nSPS) is 22.1. The molecule has 1 aromatic heterocycles. The Bertz CT molecular complexity index is 1010. The van der Waals surface area contributed by atoms with Crippen LogP contribution in [0.4, 0.5) is 18.9 Å². The van der Waals surface area contributed by atoms with Crippen LogP contribution in [0.3, 0.4) is 0 Å². The molecule has 0 saturated carbocycles. The molecule has 0 spiro atoms. The van der Waals surface area contributed by atoms with E-state index in [9.17, 15) is 22.8 Å². The number of thiophene rings is 1. The highest BCUT2D eigenvalue weighted by molar-refractivity contribution is 7.08. The Morgan fingerprint density at radius 3 is 2.48 bits per heavy atom. The van der Waals surface area contributed by atoms with Gasteiger partial charge >= 0.3 is 6.18 Å². The van der Waals surface area contributed by atoms with Gasteiger partial charge in [0.05, 0.1) is 11.3 Å².